The van der Waals surface area contributed by atoms with E-state index in [0.717, 1.165) is 0 Å². The standard InChI is InChI=1S/C11H11BrN2O2/c1-3-4-5-14(2)10-9(11(15)16)6-8(12)7-13-10/h1,6-7H,4-5H2,2H3,(H,15,16). The number of carboxylic acids is 1. The Balaban J connectivity index is 3.03. The topological polar surface area (TPSA) is 53.4 Å². The van der Waals surface area contributed by atoms with Crippen LogP contribution in [-0.4, -0.2) is 29.7 Å². The van der Waals surface area contributed by atoms with Gasteiger partial charge in [0, 0.05) is 30.7 Å². The van der Waals surface area contributed by atoms with Gasteiger partial charge in [-0.25, -0.2) is 9.78 Å². The largest absolute Gasteiger partial charge is 0.478 e. The Morgan fingerprint density at radius 2 is 2.44 bits per heavy atom. The van der Waals surface area contributed by atoms with Crippen LogP contribution in [0.1, 0.15) is 16.8 Å². The Morgan fingerprint density at radius 3 is 3.00 bits per heavy atom. The number of carbonyl (C=O) groups is 1. The average molecular weight is 283 g/mol. The first kappa shape index (κ1) is 12.5. The number of aromatic carboxylic acids is 1. The number of aromatic nitrogens is 1. The van der Waals surface area contributed by atoms with Crippen molar-refractivity contribution >= 4 is 27.7 Å². The molecule has 0 aliphatic rings. The Labute approximate surface area is 102 Å². The van der Waals surface area contributed by atoms with Crippen LogP contribution in [0.3, 0.4) is 0 Å². The van der Waals surface area contributed by atoms with Gasteiger partial charge in [-0.2, -0.15) is 0 Å². The van der Waals surface area contributed by atoms with E-state index in [1.54, 1.807) is 18.1 Å². The molecule has 0 spiro atoms. The van der Waals surface area contributed by atoms with Crippen molar-refractivity contribution in [1.29, 1.82) is 0 Å². The highest BCUT2D eigenvalue weighted by Gasteiger charge is 2.15. The minimum atomic E-state index is -1.00. The number of anilines is 1. The van der Waals surface area contributed by atoms with Gasteiger partial charge in [-0.05, 0) is 22.0 Å². The van der Waals surface area contributed by atoms with Crippen molar-refractivity contribution in [2.75, 3.05) is 18.5 Å². The fourth-order valence-corrected chi connectivity index (χ4v) is 1.56. The molecule has 4 nitrogen and oxygen atoms in total. The van der Waals surface area contributed by atoms with Crippen molar-refractivity contribution in [3.8, 4) is 12.3 Å². The summed E-state index contributed by atoms with van der Waals surface area (Å²) >= 11 is 3.19. The van der Waals surface area contributed by atoms with Crippen LogP contribution in [-0.2, 0) is 0 Å². The van der Waals surface area contributed by atoms with Crippen LogP contribution in [0.15, 0.2) is 16.7 Å². The van der Waals surface area contributed by atoms with E-state index in [2.05, 4.69) is 26.8 Å². The van der Waals surface area contributed by atoms with Gasteiger partial charge in [-0.1, -0.05) is 0 Å². The molecule has 0 atom stereocenters. The summed E-state index contributed by atoms with van der Waals surface area (Å²) in [5, 5.41) is 9.04. The summed E-state index contributed by atoms with van der Waals surface area (Å²) in [5.74, 6) is 1.92. The van der Waals surface area contributed by atoms with E-state index >= 15 is 0 Å². The third kappa shape index (κ3) is 2.97. The summed E-state index contributed by atoms with van der Waals surface area (Å²) in [5.41, 5.74) is 0.161. The SMILES string of the molecule is C#CCCN(C)c1ncc(Br)cc1C(=O)O. The van der Waals surface area contributed by atoms with Gasteiger partial charge in [-0.3, -0.25) is 0 Å². The van der Waals surface area contributed by atoms with Crippen molar-refractivity contribution in [2.45, 2.75) is 6.42 Å². The summed E-state index contributed by atoms with van der Waals surface area (Å²) in [4.78, 5) is 16.8. The molecule has 0 aromatic carbocycles. The lowest BCUT2D eigenvalue weighted by Gasteiger charge is -2.18. The number of carboxylic acid groups (broad SMARTS) is 1. The van der Waals surface area contributed by atoms with Crippen molar-refractivity contribution in [3.05, 3.63) is 22.3 Å². The fourth-order valence-electron chi connectivity index (χ4n) is 1.23. The van der Waals surface area contributed by atoms with E-state index in [4.69, 9.17) is 11.5 Å². The molecule has 5 heteroatoms. The summed E-state index contributed by atoms with van der Waals surface area (Å²) in [6.07, 6.45) is 7.27. The average Bonchev–Trinajstić information content (AvgIpc) is 2.25. The molecule has 84 valence electrons. The molecule has 1 N–H and O–H groups in total. The molecule has 0 saturated heterocycles. The van der Waals surface area contributed by atoms with Gasteiger partial charge in [0.15, 0.2) is 0 Å². The van der Waals surface area contributed by atoms with Crippen molar-refractivity contribution < 1.29 is 9.90 Å². The number of terminal acetylenes is 1. The maximum atomic E-state index is 11.0. The lowest BCUT2D eigenvalue weighted by Crippen LogP contribution is -2.22. The highest BCUT2D eigenvalue weighted by molar-refractivity contribution is 9.10. The van der Waals surface area contributed by atoms with Crippen LogP contribution in [0.5, 0.6) is 0 Å². The molecule has 1 aromatic rings. The molecule has 16 heavy (non-hydrogen) atoms. The number of nitrogens with zero attached hydrogens (tertiary/aromatic N) is 2. The molecule has 0 aliphatic heterocycles. The van der Waals surface area contributed by atoms with Gasteiger partial charge in [-0.15, -0.1) is 12.3 Å². The lowest BCUT2D eigenvalue weighted by atomic mass is 10.2. The van der Waals surface area contributed by atoms with Gasteiger partial charge < -0.3 is 10.0 Å². The third-order valence-electron chi connectivity index (χ3n) is 2.02. The molecule has 0 aliphatic carbocycles. The molecule has 1 heterocycles. The van der Waals surface area contributed by atoms with E-state index < -0.39 is 5.97 Å². The van der Waals surface area contributed by atoms with Gasteiger partial charge in [0.1, 0.15) is 11.4 Å². The molecule has 0 radical (unpaired) electrons. The zero-order chi connectivity index (χ0) is 12.1. The number of halogens is 1. The van der Waals surface area contributed by atoms with Gasteiger partial charge >= 0.3 is 5.97 Å². The van der Waals surface area contributed by atoms with E-state index in [9.17, 15) is 4.79 Å². The molecule has 0 saturated carbocycles. The number of rotatable bonds is 4. The maximum Gasteiger partial charge on any atom is 0.339 e. The monoisotopic (exact) mass is 282 g/mol. The zero-order valence-corrected chi connectivity index (χ0v) is 10.4. The van der Waals surface area contributed by atoms with E-state index in [1.165, 1.54) is 6.07 Å². The van der Waals surface area contributed by atoms with E-state index in [-0.39, 0.29) is 5.56 Å². The summed E-state index contributed by atoms with van der Waals surface area (Å²) in [6, 6.07) is 1.52. The fraction of sp³-hybridized carbons (Fsp3) is 0.273. The van der Waals surface area contributed by atoms with Gasteiger partial charge in [0.2, 0.25) is 0 Å². The highest BCUT2D eigenvalue weighted by Crippen LogP contribution is 2.20. The molecular formula is C11H11BrN2O2. The van der Waals surface area contributed by atoms with Crippen molar-refractivity contribution in [2.24, 2.45) is 0 Å². The molecular weight excluding hydrogens is 272 g/mol. The first-order valence-electron chi connectivity index (χ1n) is 4.59. The molecule has 1 rings (SSSR count). The van der Waals surface area contributed by atoms with Crippen molar-refractivity contribution in [3.63, 3.8) is 0 Å². The Bertz CT molecular complexity index is 440. The Hall–Kier alpha value is -1.54. The molecule has 0 bridgehead atoms. The predicted octanol–water partition coefficient (Wildman–Crippen LogP) is 2.00. The summed E-state index contributed by atoms with van der Waals surface area (Å²) in [6.45, 7) is 0.575. The van der Waals surface area contributed by atoms with Gasteiger partial charge in [0.25, 0.3) is 0 Å². The van der Waals surface area contributed by atoms with Crippen LogP contribution >= 0.6 is 15.9 Å². The minimum Gasteiger partial charge on any atom is -0.478 e. The normalized spacial score (nSPS) is 9.56. The molecule has 0 amide bonds. The smallest absolute Gasteiger partial charge is 0.339 e. The second-order valence-corrected chi connectivity index (χ2v) is 4.12. The minimum absolute atomic E-state index is 0.161. The Kier molecular flexibility index (Phi) is 4.32. The second kappa shape index (κ2) is 5.52. The predicted molar refractivity (Wildman–Crippen MR) is 65.6 cm³/mol. The maximum absolute atomic E-state index is 11.0. The van der Waals surface area contributed by atoms with E-state index in [1.807, 2.05) is 0 Å². The summed E-state index contributed by atoms with van der Waals surface area (Å²) in [7, 11) is 1.76. The summed E-state index contributed by atoms with van der Waals surface area (Å²) < 4.78 is 0.638. The number of pyridine rings is 1. The quantitative estimate of drug-likeness (QED) is 0.859. The van der Waals surface area contributed by atoms with Crippen LogP contribution in [0.2, 0.25) is 0 Å². The molecule has 0 fully saturated rings. The van der Waals surface area contributed by atoms with E-state index in [0.29, 0.717) is 23.3 Å². The lowest BCUT2D eigenvalue weighted by molar-refractivity contribution is 0.0697. The number of hydrogen-bond donors (Lipinski definition) is 1. The molecule has 1 aromatic heterocycles. The first-order chi connectivity index (χ1) is 7.56. The van der Waals surface area contributed by atoms with Gasteiger partial charge in [0.05, 0.1) is 0 Å². The Morgan fingerprint density at radius 1 is 1.75 bits per heavy atom. The second-order valence-electron chi connectivity index (χ2n) is 3.21. The van der Waals surface area contributed by atoms with Crippen LogP contribution in [0.25, 0.3) is 0 Å². The third-order valence-corrected chi connectivity index (χ3v) is 2.45. The van der Waals surface area contributed by atoms with Crippen molar-refractivity contribution in [1.82, 2.24) is 4.98 Å². The zero-order valence-electron chi connectivity index (χ0n) is 8.77. The molecule has 0 unspecified atom stereocenters. The first-order valence-corrected chi connectivity index (χ1v) is 5.39. The van der Waals surface area contributed by atoms with Crippen LogP contribution < -0.4 is 4.90 Å². The number of hydrogen-bond acceptors (Lipinski definition) is 3. The highest BCUT2D eigenvalue weighted by atomic mass is 79.9. The van der Waals surface area contributed by atoms with Crippen LogP contribution in [0.4, 0.5) is 5.82 Å². The van der Waals surface area contributed by atoms with Crippen LogP contribution in [0, 0.1) is 12.3 Å².